The lowest BCUT2D eigenvalue weighted by atomic mass is 10.0. The van der Waals surface area contributed by atoms with Gasteiger partial charge in [-0.25, -0.2) is 18.7 Å². The highest BCUT2D eigenvalue weighted by molar-refractivity contribution is 6.07. The number of piperidine rings is 1. The number of aromatic nitrogens is 2. The number of carbonyl (C=O) groups excluding carboxylic acids is 3. The molecule has 0 saturated carbocycles. The van der Waals surface area contributed by atoms with Gasteiger partial charge in [0.2, 0.25) is 5.91 Å². The second-order valence-corrected chi connectivity index (χ2v) is 8.42. The Morgan fingerprint density at radius 1 is 0.889 bits per heavy atom. The van der Waals surface area contributed by atoms with Crippen LogP contribution in [0.5, 0.6) is 0 Å². The number of amides is 3. The van der Waals surface area contributed by atoms with E-state index in [1.54, 1.807) is 4.90 Å². The standard InChI is InChI=1S/C26H25F2N5O3/c27-19-7-4-8-20(28)22(19)25(35)32-24-23(29-13-14-30-24)26(36)31-18-11-15-33(16-12-18)21(34)10-9-17-5-2-1-3-6-17/h1-8,13-14,18H,9-12,15-16H2,(H,31,36)(H,30,32,35). The molecule has 186 valence electrons. The molecular weight excluding hydrogens is 468 g/mol. The Balaban J connectivity index is 1.32. The number of aryl methyl sites for hydroxylation is 1. The van der Waals surface area contributed by atoms with Gasteiger partial charge in [0.1, 0.15) is 17.2 Å². The number of likely N-dealkylation sites (tertiary alicyclic amines) is 1. The van der Waals surface area contributed by atoms with Crippen LogP contribution in [0.3, 0.4) is 0 Å². The summed E-state index contributed by atoms with van der Waals surface area (Å²) in [5.41, 5.74) is 0.153. The van der Waals surface area contributed by atoms with Crippen LogP contribution in [0.25, 0.3) is 0 Å². The number of nitrogens with one attached hydrogen (secondary N) is 2. The third-order valence-corrected chi connectivity index (χ3v) is 5.99. The molecule has 36 heavy (non-hydrogen) atoms. The third kappa shape index (κ3) is 6.07. The maximum Gasteiger partial charge on any atom is 0.273 e. The van der Waals surface area contributed by atoms with Crippen LogP contribution in [0.15, 0.2) is 60.9 Å². The van der Waals surface area contributed by atoms with Crippen LogP contribution in [-0.4, -0.2) is 51.7 Å². The van der Waals surface area contributed by atoms with Crippen molar-refractivity contribution in [3.63, 3.8) is 0 Å². The summed E-state index contributed by atoms with van der Waals surface area (Å²) in [6, 6.07) is 12.7. The van der Waals surface area contributed by atoms with E-state index < -0.39 is 29.0 Å². The summed E-state index contributed by atoms with van der Waals surface area (Å²) in [4.78, 5) is 47.6. The van der Waals surface area contributed by atoms with Gasteiger partial charge in [0.05, 0.1) is 0 Å². The lowest BCUT2D eigenvalue weighted by Crippen LogP contribution is -2.46. The summed E-state index contributed by atoms with van der Waals surface area (Å²) in [6.45, 7) is 1.02. The largest absolute Gasteiger partial charge is 0.348 e. The minimum Gasteiger partial charge on any atom is -0.348 e. The fraction of sp³-hybridized carbons (Fsp3) is 0.269. The maximum atomic E-state index is 14.0. The lowest BCUT2D eigenvalue weighted by Gasteiger charge is -2.32. The highest BCUT2D eigenvalue weighted by Crippen LogP contribution is 2.17. The molecule has 1 fully saturated rings. The van der Waals surface area contributed by atoms with E-state index in [4.69, 9.17) is 0 Å². The Kier molecular flexibility index (Phi) is 7.94. The molecule has 8 nitrogen and oxygen atoms in total. The zero-order chi connectivity index (χ0) is 25.5. The van der Waals surface area contributed by atoms with Gasteiger partial charge in [0.25, 0.3) is 11.8 Å². The van der Waals surface area contributed by atoms with E-state index in [9.17, 15) is 23.2 Å². The first-order valence-corrected chi connectivity index (χ1v) is 11.6. The van der Waals surface area contributed by atoms with Crippen LogP contribution in [0.2, 0.25) is 0 Å². The molecule has 3 amide bonds. The Bertz CT molecular complexity index is 1230. The monoisotopic (exact) mass is 493 g/mol. The molecule has 1 saturated heterocycles. The van der Waals surface area contributed by atoms with Crippen LogP contribution in [0.1, 0.15) is 45.7 Å². The number of anilines is 1. The van der Waals surface area contributed by atoms with Gasteiger partial charge >= 0.3 is 0 Å². The summed E-state index contributed by atoms with van der Waals surface area (Å²) < 4.78 is 27.9. The lowest BCUT2D eigenvalue weighted by molar-refractivity contribution is -0.132. The van der Waals surface area contributed by atoms with Crippen molar-refractivity contribution >= 4 is 23.5 Å². The minimum absolute atomic E-state index is 0.0722. The number of nitrogens with zero attached hydrogens (tertiary/aromatic N) is 3. The molecule has 4 rings (SSSR count). The fourth-order valence-electron chi connectivity index (χ4n) is 4.06. The second-order valence-electron chi connectivity index (χ2n) is 8.42. The first-order valence-electron chi connectivity index (χ1n) is 11.6. The van der Waals surface area contributed by atoms with Gasteiger partial charge in [-0.15, -0.1) is 0 Å². The number of rotatable bonds is 7. The highest BCUT2D eigenvalue weighted by atomic mass is 19.1. The van der Waals surface area contributed by atoms with E-state index in [0.29, 0.717) is 38.8 Å². The summed E-state index contributed by atoms with van der Waals surface area (Å²) in [6.07, 6.45) is 4.75. The number of hydrogen-bond acceptors (Lipinski definition) is 5. The fourth-order valence-corrected chi connectivity index (χ4v) is 4.06. The van der Waals surface area contributed by atoms with Crippen LogP contribution in [-0.2, 0) is 11.2 Å². The van der Waals surface area contributed by atoms with E-state index in [2.05, 4.69) is 20.6 Å². The Labute approximate surface area is 206 Å². The molecule has 0 atom stereocenters. The number of halogens is 2. The zero-order valence-electron chi connectivity index (χ0n) is 19.4. The average Bonchev–Trinajstić information content (AvgIpc) is 2.88. The number of benzene rings is 2. The second kappa shape index (κ2) is 11.5. The van der Waals surface area contributed by atoms with E-state index in [1.807, 2.05) is 30.3 Å². The summed E-state index contributed by atoms with van der Waals surface area (Å²) in [5.74, 6) is -3.87. The summed E-state index contributed by atoms with van der Waals surface area (Å²) in [5, 5.41) is 5.12. The normalized spacial score (nSPS) is 13.8. The first-order chi connectivity index (χ1) is 17.4. The molecule has 1 aliphatic rings. The first kappa shape index (κ1) is 24.9. The Morgan fingerprint density at radius 3 is 2.25 bits per heavy atom. The van der Waals surface area contributed by atoms with Crippen LogP contribution < -0.4 is 10.6 Å². The van der Waals surface area contributed by atoms with E-state index in [1.165, 1.54) is 12.4 Å². The third-order valence-electron chi connectivity index (χ3n) is 5.99. The van der Waals surface area contributed by atoms with Crippen molar-refractivity contribution in [2.45, 2.75) is 31.7 Å². The van der Waals surface area contributed by atoms with Crippen molar-refractivity contribution in [2.75, 3.05) is 18.4 Å². The molecule has 2 heterocycles. The van der Waals surface area contributed by atoms with Crippen molar-refractivity contribution in [2.24, 2.45) is 0 Å². The van der Waals surface area contributed by atoms with Crippen molar-refractivity contribution in [1.82, 2.24) is 20.2 Å². The molecule has 0 unspecified atom stereocenters. The van der Waals surface area contributed by atoms with Crippen LogP contribution in [0.4, 0.5) is 14.6 Å². The molecule has 2 aromatic carbocycles. The van der Waals surface area contributed by atoms with Crippen molar-refractivity contribution in [3.8, 4) is 0 Å². The molecule has 0 bridgehead atoms. The Morgan fingerprint density at radius 2 is 1.56 bits per heavy atom. The molecule has 0 spiro atoms. The van der Waals surface area contributed by atoms with E-state index in [0.717, 1.165) is 23.8 Å². The van der Waals surface area contributed by atoms with Crippen molar-refractivity contribution < 1.29 is 23.2 Å². The molecule has 0 aliphatic carbocycles. The SMILES string of the molecule is O=C(NC1CCN(C(=O)CCc2ccccc2)CC1)c1nccnc1NC(=O)c1c(F)cccc1F. The van der Waals surface area contributed by atoms with Gasteiger partial charge in [-0.1, -0.05) is 36.4 Å². The Hall–Kier alpha value is -4.21. The zero-order valence-corrected chi connectivity index (χ0v) is 19.4. The highest BCUT2D eigenvalue weighted by Gasteiger charge is 2.26. The molecule has 1 aliphatic heterocycles. The summed E-state index contributed by atoms with van der Waals surface area (Å²) >= 11 is 0. The van der Waals surface area contributed by atoms with Gasteiger partial charge in [0, 0.05) is 37.9 Å². The topological polar surface area (TPSA) is 104 Å². The summed E-state index contributed by atoms with van der Waals surface area (Å²) in [7, 11) is 0. The van der Waals surface area contributed by atoms with E-state index in [-0.39, 0.29) is 23.5 Å². The van der Waals surface area contributed by atoms with Gasteiger partial charge in [-0.05, 0) is 37.0 Å². The molecule has 3 aromatic rings. The minimum atomic E-state index is -1.08. The molecular formula is C26H25F2N5O3. The molecule has 0 radical (unpaired) electrons. The number of carbonyl (C=O) groups is 3. The van der Waals surface area contributed by atoms with Gasteiger partial charge < -0.3 is 15.5 Å². The van der Waals surface area contributed by atoms with Gasteiger partial charge in [-0.3, -0.25) is 14.4 Å². The molecule has 10 heteroatoms. The van der Waals surface area contributed by atoms with Crippen LogP contribution in [0, 0.1) is 11.6 Å². The smallest absolute Gasteiger partial charge is 0.273 e. The van der Waals surface area contributed by atoms with Crippen molar-refractivity contribution in [3.05, 3.63) is 89.4 Å². The predicted molar refractivity (Wildman–Crippen MR) is 128 cm³/mol. The van der Waals surface area contributed by atoms with Gasteiger partial charge in [-0.2, -0.15) is 0 Å². The average molecular weight is 494 g/mol. The van der Waals surface area contributed by atoms with E-state index >= 15 is 0 Å². The predicted octanol–water partition coefficient (Wildman–Crippen LogP) is 3.36. The molecule has 1 aromatic heterocycles. The number of hydrogen-bond donors (Lipinski definition) is 2. The van der Waals surface area contributed by atoms with Crippen LogP contribution >= 0.6 is 0 Å². The molecule has 2 N–H and O–H groups in total. The quantitative estimate of drug-likeness (QED) is 0.525. The van der Waals surface area contributed by atoms with Crippen molar-refractivity contribution in [1.29, 1.82) is 0 Å². The maximum absolute atomic E-state index is 14.0. The van der Waals surface area contributed by atoms with Gasteiger partial charge in [0.15, 0.2) is 11.5 Å².